The van der Waals surface area contributed by atoms with E-state index >= 15 is 0 Å². The van der Waals surface area contributed by atoms with Crippen LogP contribution in [-0.2, 0) is 42.5 Å². The number of hydrogen-bond donors (Lipinski definition) is 3. The Morgan fingerprint density at radius 3 is 2.09 bits per heavy atom. The summed E-state index contributed by atoms with van der Waals surface area (Å²) in [5, 5.41) is 24.9. The number of aliphatic hydroxyl groups excluding tert-OH is 1. The number of cyclic esters (lactones) is 1. The summed E-state index contributed by atoms with van der Waals surface area (Å²) in [6.07, 6.45) is -3.59. The van der Waals surface area contributed by atoms with E-state index in [-0.39, 0.29) is 30.8 Å². The number of likely N-dealkylation sites (N-methyl/N-ethyl adjacent to an activating group) is 1. The molecule has 15 heteroatoms. The van der Waals surface area contributed by atoms with Crippen LogP contribution in [0, 0.1) is 35.5 Å². The summed E-state index contributed by atoms with van der Waals surface area (Å²) in [7, 11) is 3.41. The van der Waals surface area contributed by atoms with Crippen LogP contribution in [0.4, 0.5) is 0 Å². The first-order valence-corrected chi connectivity index (χ1v) is 22.5. The molecular formula is C39H71N3O11Si. The van der Waals surface area contributed by atoms with E-state index in [0.29, 0.717) is 0 Å². The fourth-order valence-corrected chi connectivity index (χ4v) is 12.4. The van der Waals surface area contributed by atoms with Crippen molar-refractivity contribution in [2.45, 2.75) is 168 Å². The van der Waals surface area contributed by atoms with Crippen molar-refractivity contribution in [1.29, 1.82) is 0 Å². The lowest BCUT2D eigenvalue weighted by molar-refractivity contribution is -0.298. The monoisotopic (exact) mass is 785 g/mol. The first-order valence-electron chi connectivity index (χ1n) is 20.0. The lowest BCUT2D eigenvalue weighted by Gasteiger charge is -2.50. The number of hydrogen-bond acceptors (Lipinski definition) is 13. The highest BCUT2D eigenvalue weighted by Crippen LogP contribution is 2.48. The molecule has 0 saturated carbocycles. The molecule has 0 aromatic rings. The number of esters is 2. The molecule has 0 radical (unpaired) electrons. The number of methoxy groups -OCH3 is 1. The molecule has 0 aromatic carbocycles. The first kappa shape index (κ1) is 46.2. The zero-order valence-electron chi connectivity index (χ0n) is 35.3. The molecule has 0 amide bonds. The molecule has 0 unspecified atom stereocenters. The van der Waals surface area contributed by atoms with Crippen LogP contribution in [0.5, 0.6) is 0 Å². The van der Waals surface area contributed by atoms with Crippen LogP contribution in [0.2, 0.25) is 18.1 Å². The van der Waals surface area contributed by atoms with Crippen molar-refractivity contribution in [3.8, 4) is 0 Å². The molecule has 14 nitrogen and oxygen atoms in total. The van der Waals surface area contributed by atoms with Gasteiger partial charge < -0.3 is 49.1 Å². The number of amidine groups is 1. The highest BCUT2D eigenvalue weighted by Gasteiger charge is 2.63. The topological polar surface area (TPSA) is 189 Å². The van der Waals surface area contributed by atoms with Crippen LogP contribution in [-0.4, -0.2) is 122 Å². The second-order valence-corrected chi connectivity index (χ2v) is 21.6. The van der Waals surface area contributed by atoms with Gasteiger partial charge in [-0.15, -0.1) is 0 Å². The molecule has 3 aliphatic heterocycles. The van der Waals surface area contributed by atoms with Crippen LogP contribution in [0.15, 0.2) is 5.16 Å². The van der Waals surface area contributed by atoms with Crippen LogP contribution < -0.4 is 5.73 Å². The van der Waals surface area contributed by atoms with E-state index in [1.807, 2.05) is 27.9 Å². The minimum absolute atomic E-state index is 0.0301. The molecule has 15 atom stereocenters. The molecule has 0 aliphatic carbocycles. The van der Waals surface area contributed by atoms with Gasteiger partial charge in [-0.05, 0) is 79.2 Å². The Bertz CT molecular complexity index is 1320. The number of rotatable bonds is 11. The van der Waals surface area contributed by atoms with Gasteiger partial charge in [0.25, 0.3) is 0 Å². The first-order chi connectivity index (χ1) is 25.2. The van der Waals surface area contributed by atoms with E-state index in [4.69, 9.17) is 33.8 Å². The molecular weight excluding hydrogens is 715 g/mol. The molecule has 0 bridgehead atoms. The van der Waals surface area contributed by atoms with E-state index < -0.39 is 104 Å². The third-order valence-corrected chi connectivity index (χ3v) is 17.9. The van der Waals surface area contributed by atoms with Gasteiger partial charge in [0, 0.05) is 36.8 Å². The summed E-state index contributed by atoms with van der Waals surface area (Å²) in [4.78, 5) is 44.1. The lowest BCUT2D eigenvalue weighted by atomic mass is 9.67. The molecule has 0 spiro atoms. The van der Waals surface area contributed by atoms with Crippen LogP contribution in [0.25, 0.3) is 0 Å². The number of carbonyl (C=O) groups excluding carboxylic acids is 3. The Morgan fingerprint density at radius 2 is 1.59 bits per heavy atom. The zero-order chi connectivity index (χ0) is 41.1. The van der Waals surface area contributed by atoms with Gasteiger partial charge in [0.1, 0.15) is 23.9 Å². The van der Waals surface area contributed by atoms with Crippen molar-refractivity contribution in [1.82, 2.24) is 4.90 Å². The Balaban J connectivity index is 2.22. The number of carbonyl (C=O) groups is 3. The van der Waals surface area contributed by atoms with E-state index in [9.17, 15) is 24.7 Å². The van der Waals surface area contributed by atoms with Crippen molar-refractivity contribution < 1.29 is 52.8 Å². The van der Waals surface area contributed by atoms with Gasteiger partial charge in [0.05, 0.1) is 29.8 Å². The highest BCUT2D eigenvalue weighted by atomic mass is 28.4. The minimum atomic E-state index is -2.19. The Kier molecular flexibility index (Phi) is 15.8. The standard InChI is InChI=1S/C39H71N3O11Si/c1-15-27-39(11)29(28(34(40)41-47)36(46)52-39)23(7)30(43)21(5)20-38(10,48-14)33(24(8)31(44)25(9)35(45)50-27)51-37-32(53-54(16-2,17-3)18-4)26(42(12)13)19-22(6)49-37/h21-29,31-33,37,44,47H,15-20H2,1-14H3,(H2,40,41)/t21-,22-,23-,24+,25-,26+,27+,28-,29+,31-,32-,33-,37+,38-,39-/m1/s1. The summed E-state index contributed by atoms with van der Waals surface area (Å²) < 4.78 is 39.2. The third-order valence-electron chi connectivity index (χ3n) is 13.3. The maximum atomic E-state index is 14.6. The number of oxime groups is 1. The molecule has 3 saturated heterocycles. The normalized spacial score (nSPS) is 42.0. The number of Topliss-reactive ketones (excluding diaryl/α,β-unsaturated/α-hetero) is 1. The van der Waals surface area contributed by atoms with Crippen LogP contribution in [0.1, 0.15) is 95.4 Å². The van der Waals surface area contributed by atoms with Gasteiger partial charge >= 0.3 is 11.9 Å². The van der Waals surface area contributed by atoms with E-state index in [1.54, 1.807) is 48.7 Å². The Hall–Kier alpha value is -2.14. The van der Waals surface area contributed by atoms with Crippen LogP contribution >= 0.6 is 0 Å². The van der Waals surface area contributed by atoms with Gasteiger partial charge in [-0.25, -0.2) is 0 Å². The van der Waals surface area contributed by atoms with Crippen molar-refractivity contribution in [3.63, 3.8) is 0 Å². The van der Waals surface area contributed by atoms with Gasteiger partial charge in [0.2, 0.25) is 0 Å². The average molecular weight is 786 g/mol. The average Bonchev–Trinajstić information content (AvgIpc) is 3.42. The van der Waals surface area contributed by atoms with Gasteiger partial charge in [-0.3, -0.25) is 14.4 Å². The number of aliphatic hydroxyl groups is 1. The molecule has 0 aromatic heterocycles. The largest absolute Gasteiger partial charge is 0.458 e. The maximum Gasteiger partial charge on any atom is 0.317 e. The number of ether oxygens (including phenoxy) is 5. The number of nitrogens with two attached hydrogens (primary N) is 1. The molecule has 4 N–H and O–H groups in total. The zero-order valence-corrected chi connectivity index (χ0v) is 36.3. The number of ketones is 1. The molecule has 3 rings (SSSR count). The van der Waals surface area contributed by atoms with Crippen molar-refractivity contribution in [3.05, 3.63) is 0 Å². The van der Waals surface area contributed by atoms with Gasteiger partial charge in [-0.2, -0.15) is 0 Å². The van der Waals surface area contributed by atoms with Crippen molar-refractivity contribution in [2.24, 2.45) is 46.4 Å². The number of nitrogens with zero attached hydrogens (tertiary/aromatic N) is 2. The highest BCUT2D eigenvalue weighted by molar-refractivity contribution is 6.73. The third kappa shape index (κ3) is 9.02. The summed E-state index contributed by atoms with van der Waals surface area (Å²) in [6, 6.07) is 2.75. The fourth-order valence-electron chi connectivity index (χ4n) is 9.56. The van der Waals surface area contributed by atoms with E-state index in [2.05, 4.69) is 30.8 Å². The van der Waals surface area contributed by atoms with E-state index in [0.717, 1.165) is 24.6 Å². The number of fused-ring (bicyclic) bond motifs is 1. The summed E-state index contributed by atoms with van der Waals surface area (Å²) in [6.45, 7) is 20.7. The second kappa shape index (κ2) is 18.4. The molecule has 3 fully saturated rings. The van der Waals surface area contributed by atoms with Crippen molar-refractivity contribution in [2.75, 3.05) is 21.2 Å². The van der Waals surface area contributed by atoms with Gasteiger partial charge in [0.15, 0.2) is 26.0 Å². The Morgan fingerprint density at radius 1 is 1.00 bits per heavy atom. The molecule has 3 heterocycles. The summed E-state index contributed by atoms with van der Waals surface area (Å²) >= 11 is 0. The quantitative estimate of drug-likeness (QED) is 0.0652. The second-order valence-electron chi connectivity index (χ2n) is 16.9. The smallest absolute Gasteiger partial charge is 0.317 e. The lowest BCUT2D eigenvalue weighted by Crippen LogP contribution is -2.62. The minimum Gasteiger partial charge on any atom is -0.458 e. The van der Waals surface area contributed by atoms with Crippen LogP contribution in [0.3, 0.4) is 0 Å². The molecule has 3 aliphatic rings. The Labute approximate surface area is 324 Å². The van der Waals surface area contributed by atoms with E-state index in [1.165, 1.54) is 0 Å². The van der Waals surface area contributed by atoms with Crippen molar-refractivity contribution >= 4 is 31.9 Å². The summed E-state index contributed by atoms with van der Waals surface area (Å²) in [5.41, 5.74) is 3.37. The maximum absolute atomic E-state index is 14.6. The summed E-state index contributed by atoms with van der Waals surface area (Å²) in [5.74, 6) is -7.64. The van der Waals surface area contributed by atoms with Gasteiger partial charge in [-0.1, -0.05) is 53.6 Å². The fraction of sp³-hybridized carbons (Fsp3) is 0.897. The predicted molar refractivity (Wildman–Crippen MR) is 206 cm³/mol. The SMILES string of the molecule is CC[C@@H]1OC(=O)[C@H](C)[C@H](O)[C@H](C)[C@@H](O[C@@H]2O[C@H](C)C[C@H](N(C)C)[C@H]2O[Si](CC)(CC)CC)[C@](C)(OC)C[C@@H](C)C(=O)[C@H](C)[C@H]2[C@H](/C(N)=N/O)C(=O)O[C@@]21C. The molecule has 312 valence electrons. The molecule has 54 heavy (non-hydrogen) atoms. The predicted octanol–water partition coefficient (Wildman–Crippen LogP) is 4.73.